The first kappa shape index (κ1) is 30.4. The topological polar surface area (TPSA) is 130 Å². The summed E-state index contributed by atoms with van der Waals surface area (Å²) >= 11 is 0. The van der Waals surface area contributed by atoms with Crippen LogP contribution in [0, 0.1) is 0 Å². The zero-order chi connectivity index (χ0) is 29.7. The van der Waals surface area contributed by atoms with E-state index in [4.69, 9.17) is 18.9 Å². The zero-order valence-electron chi connectivity index (χ0n) is 23.9. The summed E-state index contributed by atoms with van der Waals surface area (Å²) in [6.45, 7) is 8.05. The number of hydrogen-bond acceptors (Lipinski definition) is 9. The number of anilines is 2. The molecule has 0 aliphatic carbocycles. The van der Waals surface area contributed by atoms with Crippen molar-refractivity contribution in [2.24, 2.45) is 0 Å². The zero-order valence-corrected chi connectivity index (χ0v) is 23.9. The number of carbonyl (C=O) groups excluding carboxylic acids is 4. The van der Waals surface area contributed by atoms with Crippen LogP contribution < -0.4 is 19.7 Å². The van der Waals surface area contributed by atoms with E-state index in [0.717, 1.165) is 12.8 Å². The molecule has 0 saturated carbocycles. The molecule has 11 heteroatoms. The number of fused-ring (bicyclic) bond motifs is 2. The summed E-state index contributed by atoms with van der Waals surface area (Å²) < 4.78 is 25.7. The van der Waals surface area contributed by atoms with Gasteiger partial charge in [0.2, 0.25) is 0 Å². The number of amides is 2. The molecule has 0 saturated heterocycles. The van der Waals surface area contributed by atoms with E-state index in [1.54, 1.807) is 70.0 Å². The number of hydrogen-bond donors (Lipinski definition) is 1. The average Bonchev–Trinajstić information content (AvgIpc) is 2.92. The summed E-state index contributed by atoms with van der Waals surface area (Å²) in [5.74, 6) is -0.121. The van der Waals surface area contributed by atoms with E-state index in [1.165, 1.54) is 20.3 Å². The quantitative estimate of drug-likeness (QED) is 0.397. The Balaban J connectivity index is 0.000000230. The van der Waals surface area contributed by atoms with Crippen molar-refractivity contribution in [1.29, 1.82) is 0 Å². The lowest BCUT2D eigenvalue weighted by Gasteiger charge is -2.39. The Hall–Kier alpha value is -4.12. The minimum Gasteiger partial charge on any atom is -0.476 e. The standard InChI is InChI=1S/C17H23NO5.C12H13NO4/c1-17(2)16(20)18(9-5-6-10-21-3)13-11-12(15(19)22-4)7-8-14(13)23-17;1-12(2)11(15)13-8-6-7(10(14)16-3)4-5-9(8)17-12/h7-8,11H,5-6,9-10H2,1-4H3;4-6H,1-3H3,(H,13,15). The molecule has 0 fully saturated rings. The maximum absolute atomic E-state index is 12.7. The molecule has 0 spiro atoms. The molecule has 4 rings (SSSR count). The molecule has 2 amide bonds. The van der Waals surface area contributed by atoms with Crippen LogP contribution >= 0.6 is 0 Å². The van der Waals surface area contributed by atoms with Gasteiger partial charge in [0, 0.05) is 20.3 Å². The average molecular weight is 557 g/mol. The summed E-state index contributed by atoms with van der Waals surface area (Å²) in [6.07, 6.45) is 1.66. The summed E-state index contributed by atoms with van der Waals surface area (Å²) in [4.78, 5) is 49.1. The predicted octanol–water partition coefficient (Wildman–Crippen LogP) is 3.99. The summed E-state index contributed by atoms with van der Waals surface area (Å²) in [6, 6.07) is 9.76. The number of unbranched alkanes of at least 4 members (excludes halogenated alkanes) is 1. The van der Waals surface area contributed by atoms with Crippen molar-refractivity contribution >= 4 is 35.1 Å². The maximum Gasteiger partial charge on any atom is 0.337 e. The normalized spacial score (nSPS) is 16.1. The lowest BCUT2D eigenvalue weighted by Crippen LogP contribution is -2.52. The van der Waals surface area contributed by atoms with Crippen molar-refractivity contribution in [2.45, 2.75) is 51.7 Å². The molecule has 11 nitrogen and oxygen atoms in total. The Morgan fingerprint density at radius 1 is 0.825 bits per heavy atom. The molecule has 2 heterocycles. The van der Waals surface area contributed by atoms with Gasteiger partial charge in [-0.15, -0.1) is 0 Å². The van der Waals surface area contributed by atoms with Gasteiger partial charge in [-0.2, -0.15) is 0 Å². The maximum atomic E-state index is 12.7. The van der Waals surface area contributed by atoms with Gasteiger partial charge < -0.3 is 33.9 Å². The third-order valence-corrected chi connectivity index (χ3v) is 6.34. The Kier molecular flexibility index (Phi) is 9.41. The van der Waals surface area contributed by atoms with Crippen LogP contribution in [0.15, 0.2) is 36.4 Å². The molecule has 2 aliphatic rings. The minimum atomic E-state index is -0.930. The third-order valence-electron chi connectivity index (χ3n) is 6.34. The number of nitrogens with zero attached hydrogens (tertiary/aromatic N) is 1. The number of nitrogens with one attached hydrogen (secondary N) is 1. The highest BCUT2D eigenvalue weighted by Crippen LogP contribution is 2.39. The molecule has 216 valence electrons. The number of rotatable bonds is 7. The van der Waals surface area contributed by atoms with E-state index in [1.807, 2.05) is 0 Å². The molecule has 0 radical (unpaired) electrons. The number of benzene rings is 2. The van der Waals surface area contributed by atoms with E-state index < -0.39 is 23.1 Å². The van der Waals surface area contributed by atoms with Gasteiger partial charge in [-0.05, 0) is 76.9 Å². The largest absolute Gasteiger partial charge is 0.476 e. The highest BCUT2D eigenvalue weighted by atomic mass is 16.5. The van der Waals surface area contributed by atoms with Crippen LogP contribution in [0.2, 0.25) is 0 Å². The monoisotopic (exact) mass is 556 g/mol. The summed E-state index contributed by atoms with van der Waals surface area (Å²) in [5.41, 5.74) is 0.0202. The van der Waals surface area contributed by atoms with Gasteiger partial charge in [0.05, 0.1) is 36.7 Å². The van der Waals surface area contributed by atoms with Crippen LogP contribution in [0.1, 0.15) is 61.3 Å². The molecular formula is C29H36N2O9. The highest BCUT2D eigenvalue weighted by molar-refractivity contribution is 6.04. The molecule has 1 N–H and O–H groups in total. The van der Waals surface area contributed by atoms with Crippen molar-refractivity contribution in [1.82, 2.24) is 0 Å². The first-order chi connectivity index (χ1) is 18.8. The van der Waals surface area contributed by atoms with Gasteiger partial charge in [0.1, 0.15) is 11.5 Å². The summed E-state index contributed by atoms with van der Waals surface area (Å²) in [5, 5.41) is 2.70. The Morgan fingerprint density at radius 3 is 2.00 bits per heavy atom. The number of carbonyl (C=O) groups is 4. The Labute approximate surface area is 233 Å². The molecule has 2 aliphatic heterocycles. The van der Waals surface area contributed by atoms with Crippen LogP contribution in [-0.4, -0.2) is 69.4 Å². The first-order valence-corrected chi connectivity index (χ1v) is 12.8. The Bertz CT molecular complexity index is 1290. The van der Waals surface area contributed by atoms with Crippen molar-refractivity contribution in [3.05, 3.63) is 47.5 Å². The number of esters is 2. The van der Waals surface area contributed by atoms with Crippen molar-refractivity contribution in [2.75, 3.05) is 44.7 Å². The van der Waals surface area contributed by atoms with Crippen LogP contribution in [0.4, 0.5) is 11.4 Å². The fraction of sp³-hybridized carbons (Fsp3) is 0.448. The molecule has 2 aromatic rings. The second kappa shape index (κ2) is 12.4. The molecular weight excluding hydrogens is 520 g/mol. The fourth-order valence-electron chi connectivity index (χ4n) is 4.11. The lowest BCUT2D eigenvalue weighted by molar-refractivity contribution is -0.132. The Morgan fingerprint density at radius 2 is 1.40 bits per heavy atom. The van der Waals surface area contributed by atoms with Crippen molar-refractivity contribution in [3.63, 3.8) is 0 Å². The highest BCUT2D eigenvalue weighted by Gasteiger charge is 2.41. The van der Waals surface area contributed by atoms with E-state index >= 15 is 0 Å². The van der Waals surface area contributed by atoms with E-state index in [9.17, 15) is 19.2 Å². The van der Waals surface area contributed by atoms with Gasteiger partial charge in [-0.1, -0.05) is 0 Å². The smallest absolute Gasteiger partial charge is 0.337 e. The summed E-state index contributed by atoms with van der Waals surface area (Å²) in [7, 11) is 4.29. The third kappa shape index (κ3) is 6.71. The van der Waals surface area contributed by atoms with Gasteiger partial charge >= 0.3 is 11.9 Å². The van der Waals surface area contributed by atoms with Crippen LogP contribution in [0.3, 0.4) is 0 Å². The molecule has 0 aromatic heterocycles. The molecule has 0 unspecified atom stereocenters. The van der Waals surface area contributed by atoms with Gasteiger partial charge in [0.15, 0.2) is 11.2 Å². The number of ether oxygens (including phenoxy) is 5. The van der Waals surface area contributed by atoms with Gasteiger partial charge in [0.25, 0.3) is 11.8 Å². The molecule has 2 aromatic carbocycles. The van der Waals surface area contributed by atoms with Crippen LogP contribution in [0.25, 0.3) is 0 Å². The second-order valence-corrected chi connectivity index (χ2v) is 10.2. The minimum absolute atomic E-state index is 0.121. The van der Waals surface area contributed by atoms with E-state index in [0.29, 0.717) is 47.2 Å². The second-order valence-electron chi connectivity index (χ2n) is 10.2. The van der Waals surface area contributed by atoms with Gasteiger partial charge in [-0.3, -0.25) is 9.59 Å². The first-order valence-electron chi connectivity index (χ1n) is 12.8. The number of methoxy groups -OCH3 is 3. The van der Waals surface area contributed by atoms with E-state index in [-0.39, 0.29) is 11.8 Å². The van der Waals surface area contributed by atoms with Crippen molar-refractivity contribution in [3.8, 4) is 11.5 Å². The lowest BCUT2D eigenvalue weighted by atomic mass is 10.0. The predicted molar refractivity (Wildman–Crippen MR) is 147 cm³/mol. The van der Waals surface area contributed by atoms with Gasteiger partial charge in [-0.25, -0.2) is 9.59 Å². The van der Waals surface area contributed by atoms with Crippen LogP contribution in [-0.2, 0) is 23.8 Å². The fourth-order valence-corrected chi connectivity index (χ4v) is 4.11. The van der Waals surface area contributed by atoms with Crippen molar-refractivity contribution < 1.29 is 42.9 Å². The SMILES string of the molecule is COC(=O)c1ccc2c(c1)NC(=O)C(C)(C)O2.COCCCCN1C(=O)C(C)(C)Oc2ccc(C(=O)OC)cc21. The molecule has 0 atom stereocenters. The molecule has 40 heavy (non-hydrogen) atoms. The van der Waals surface area contributed by atoms with E-state index in [2.05, 4.69) is 10.1 Å². The van der Waals surface area contributed by atoms with Crippen LogP contribution in [0.5, 0.6) is 11.5 Å². The molecule has 0 bridgehead atoms.